The number of amides is 2. The normalized spacial score (nSPS) is 10.6. The second-order valence-electron chi connectivity index (χ2n) is 5.80. The van der Waals surface area contributed by atoms with Crippen molar-refractivity contribution in [2.75, 3.05) is 5.32 Å². The molecule has 0 fully saturated rings. The standard InChI is InChI=1S/C21H16FN3O3/c22-16-7-4-6-15(12-16)20(27)24-19-10-2-1-9-18(19)21(28)25-23-13-14-5-3-8-17(26)11-14/h1-13,26H,(H,24,27)(H,25,28). The Bertz CT molecular complexity index is 1050. The Morgan fingerprint density at radius 1 is 0.929 bits per heavy atom. The first-order valence-electron chi connectivity index (χ1n) is 8.31. The summed E-state index contributed by atoms with van der Waals surface area (Å²) in [4.78, 5) is 24.7. The van der Waals surface area contributed by atoms with Gasteiger partial charge in [-0.1, -0.05) is 30.3 Å². The number of hydrogen-bond donors (Lipinski definition) is 3. The minimum atomic E-state index is -0.539. The van der Waals surface area contributed by atoms with Crippen LogP contribution in [0, 0.1) is 5.82 Å². The molecule has 0 saturated heterocycles. The molecule has 0 unspecified atom stereocenters. The van der Waals surface area contributed by atoms with E-state index < -0.39 is 17.6 Å². The predicted octanol–water partition coefficient (Wildman–Crippen LogP) is 3.55. The Kier molecular flexibility index (Phi) is 5.76. The Morgan fingerprint density at radius 2 is 1.71 bits per heavy atom. The molecule has 28 heavy (non-hydrogen) atoms. The fraction of sp³-hybridized carbons (Fsp3) is 0. The van der Waals surface area contributed by atoms with Gasteiger partial charge in [0.15, 0.2) is 0 Å². The molecule has 0 aliphatic rings. The molecule has 140 valence electrons. The van der Waals surface area contributed by atoms with Gasteiger partial charge >= 0.3 is 0 Å². The van der Waals surface area contributed by atoms with Crippen LogP contribution in [0.4, 0.5) is 10.1 Å². The number of nitrogens with zero attached hydrogens (tertiary/aromatic N) is 1. The van der Waals surface area contributed by atoms with Gasteiger partial charge in [0.2, 0.25) is 0 Å². The SMILES string of the molecule is O=C(Nc1ccccc1C(=O)NN=Cc1cccc(O)c1)c1cccc(F)c1. The predicted molar refractivity (Wildman–Crippen MR) is 104 cm³/mol. The minimum absolute atomic E-state index is 0.0840. The van der Waals surface area contributed by atoms with E-state index in [0.717, 1.165) is 6.07 Å². The maximum atomic E-state index is 13.3. The number of hydrogen-bond acceptors (Lipinski definition) is 4. The molecule has 7 heteroatoms. The summed E-state index contributed by atoms with van der Waals surface area (Å²) in [6, 6.07) is 18.0. The zero-order chi connectivity index (χ0) is 19.9. The van der Waals surface area contributed by atoms with Gasteiger partial charge in [-0.3, -0.25) is 9.59 Å². The van der Waals surface area contributed by atoms with Crippen molar-refractivity contribution >= 4 is 23.7 Å². The third kappa shape index (κ3) is 4.79. The number of carbonyl (C=O) groups excluding carboxylic acids is 2. The molecule has 0 radical (unpaired) electrons. The van der Waals surface area contributed by atoms with E-state index in [1.807, 2.05) is 0 Å². The smallest absolute Gasteiger partial charge is 0.273 e. The van der Waals surface area contributed by atoms with Crippen molar-refractivity contribution in [2.45, 2.75) is 0 Å². The van der Waals surface area contributed by atoms with Gasteiger partial charge in [-0.2, -0.15) is 5.10 Å². The Hall–Kier alpha value is -4.00. The maximum absolute atomic E-state index is 13.3. The average molecular weight is 377 g/mol. The van der Waals surface area contributed by atoms with Gasteiger partial charge in [-0.25, -0.2) is 9.82 Å². The van der Waals surface area contributed by atoms with E-state index in [2.05, 4.69) is 15.8 Å². The highest BCUT2D eigenvalue weighted by molar-refractivity contribution is 6.09. The van der Waals surface area contributed by atoms with Crippen LogP contribution in [-0.2, 0) is 0 Å². The molecule has 0 atom stereocenters. The van der Waals surface area contributed by atoms with Gasteiger partial charge in [0, 0.05) is 5.56 Å². The topological polar surface area (TPSA) is 90.8 Å². The number of halogens is 1. The molecule has 3 rings (SSSR count). The highest BCUT2D eigenvalue weighted by Crippen LogP contribution is 2.17. The third-order valence-corrected chi connectivity index (χ3v) is 3.76. The zero-order valence-corrected chi connectivity index (χ0v) is 14.6. The van der Waals surface area contributed by atoms with Crippen molar-refractivity contribution in [2.24, 2.45) is 5.10 Å². The molecule has 0 aromatic heterocycles. The Morgan fingerprint density at radius 3 is 2.50 bits per heavy atom. The number of phenolic OH excluding ortho intramolecular Hbond substituents is 1. The van der Waals surface area contributed by atoms with Gasteiger partial charge in [0.1, 0.15) is 11.6 Å². The lowest BCUT2D eigenvalue weighted by molar-refractivity contribution is 0.0956. The average Bonchev–Trinajstić information content (AvgIpc) is 2.68. The lowest BCUT2D eigenvalue weighted by Gasteiger charge is -2.10. The Labute approximate surface area is 160 Å². The molecule has 0 aliphatic carbocycles. The number of anilines is 1. The number of nitrogens with one attached hydrogen (secondary N) is 2. The van der Waals surface area contributed by atoms with E-state index in [-0.39, 0.29) is 22.6 Å². The van der Waals surface area contributed by atoms with Crippen LogP contribution in [0.3, 0.4) is 0 Å². The number of carbonyl (C=O) groups is 2. The van der Waals surface area contributed by atoms with E-state index in [1.165, 1.54) is 42.6 Å². The summed E-state index contributed by atoms with van der Waals surface area (Å²) in [7, 11) is 0. The van der Waals surface area contributed by atoms with Crippen molar-refractivity contribution in [3.63, 3.8) is 0 Å². The third-order valence-electron chi connectivity index (χ3n) is 3.76. The first-order chi connectivity index (χ1) is 13.5. The first-order valence-corrected chi connectivity index (χ1v) is 8.31. The molecule has 2 amide bonds. The summed E-state index contributed by atoms with van der Waals surface area (Å²) in [5, 5.41) is 15.9. The lowest BCUT2D eigenvalue weighted by Crippen LogP contribution is -2.21. The maximum Gasteiger partial charge on any atom is 0.273 e. The van der Waals surface area contributed by atoms with Crippen LogP contribution in [0.25, 0.3) is 0 Å². The van der Waals surface area contributed by atoms with Crippen molar-refractivity contribution in [3.8, 4) is 5.75 Å². The van der Waals surface area contributed by atoms with Gasteiger partial charge in [-0.05, 0) is 48.0 Å². The zero-order valence-electron chi connectivity index (χ0n) is 14.6. The molecule has 6 nitrogen and oxygen atoms in total. The van der Waals surface area contributed by atoms with Gasteiger partial charge < -0.3 is 10.4 Å². The van der Waals surface area contributed by atoms with Crippen LogP contribution in [0.15, 0.2) is 77.9 Å². The van der Waals surface area contributed by atoms with E-state index in [4.69, 9.17) is 0 Å². The number of aromatic hydroxyl groups is 1. The van der Waals surface area contributed by atoms with Gasteiger partial charge in [0.05, 0.1) is 17.5 Å². The second kappa shape index (κ2) is 8.59. The number of rotatable bonds is 5. The molecule has 0 heterocycles. The van der Waals surface area contributed by atoms with E-state index >= 15 is 0 Å². The molecule has 3 aromatic rings. The number of hydrazone groups is 1. The number of benzene rings is 3. The molecule has 0 bridgehead atoms. The summed E-state index contributed by atoms with van der Waals surface area (Å²) in [6.07, 6.45) is 1.38. The first kappa shape index (κ1) is 18.8. The van der Waals surface area contributed by atoms with E-state index in [9.17, 15) is 19.1 Å². The molecular formula is C21H16FN3O3. The fourth-order valence-electron chi connectivity index (χ4n) is 2.45. The van der Waals surface area contributed by atoms with Gasteiger partial charge in [0.25, 0.3) is 11.8 Å². The molecule has 0 spiro atoms. The van der Waals surface area contributed by atoms with Crippen LogP contribution in [0.2, 0.25) is 0 Å². The fourth-order valence-corrected chi connectivity index (χ4v) is 2.45. The summed E-state index contributed by atoms with van der Waals surface area (Å²) in [5.41, 5.74) is 3.57. The largest absolute Gasteiger partial charge is 0.508 e. The molecule has 0 aliphatic heterocycles. The number of para-hydroxylation sites is 1. The van der Waals surface area contributed by atoms with Crippen LogP contribution >= 0.6 is 0 Å². The number of phenols is 1. The second-order valence-corrected chi connectivity index (χ2v) is 5.80. The van der Waals surface area contributed by atoms with E-state index in [0.29, 0.717) is 5.56 Å². The monoisotopic (exact) mass is 377 g/mol. The van der Waals surface area contributed by atoms with Crippen molar-refractivity contribution in [1.29, 1.82) is 0 Å². The highest BCUT2D eigenvalue weighted by atomic mass is 19.1. The summed E-state index contributed by atoms with van der Waals surface area (Å²) in [5.74, 6) is -1.52. The van der Waals surface area contributed by atoms with Crippen molar-refractivity contribution in [3.05, 3.63) is 95.3 Å². The Balaban J connectivity index is 1.72. The molecular weight excluding hydrogens is 361 g/mol. The van der Waals surface area contributed by atoms with Crippen molar-refractivity contribution in [1.82, 2.24) is 5.43 Å². The molecule has 3 aromatic carbocycles. The molecule has 0 saturated carbocycles. The minimum Gasteiger partial charge on any atom is -0.508 e. The quantitative estimate of drug-likeness (QED) is 0.469. The van der Waals surface area contributed by atoms with Crippen LogP contribution in [0.5, 0.6) is 5.75 Å². The van der Waals surface area contributed by atoms with Crippen LogP contribution < -0.4 is 10.7 Å². The highest BCUT2D eigenvalue weighted by Gasteiger charge is 2.14. The lowest BCUT2D eigenvalue weighted by atomic mass is 10.1. The molecule has 3 N–H and O–H groups in total. The summed E-state index contributed by atoms with van der Waals surface area (Å²) in [6.45, 7) is 0. The van der Waals surface area contributed by atoms with Crippen LogP contribution in [0.1, 0.15) is 26.3 Å². The van der Waals surface area contributed by atoms with E-state index in [1.54, 1.807) is 30.3 Å². The van der Waals surface area contributed by atoms with Gasteiger partial charge in [-0.15, -0.1) is 0 Å². The summed E-state index contributed by atoms with van der Waals surface area (Å²) >= 11 is 0. The van der Waals surface area contributed by atoms with Crippen LogP contribution in [-0.4, -0.2) is 23.1 Å². The summed E-state index contributed by atoms with van der Waals surface area (Å²) < 4.78 is 13.3. The van der Waals surface area contributed by atoms with Crippen molar-refractivity contribution < 1.29 is 19.1 Å².